The van der Waals surface area contributed by atoms with E-state index in [9.17, 15) is 0 Å². The smallest absolute Gasteiger partial charge is 0.163 e. The fraction of sp³-hybridized carbons (Fsp3) is 0.875. The molecule has 1 unspecified atom stereocenters. The van der Waals surface area contributed by atoms with Gasteiger partial charge in [0.15, 0.2) is 5.60 Å². The van der Waals surface area contributed by atoms with Gasteiger partial charge in [0, 0.05) is 12.4 Å². The molecule has 1 aliphatic rings. The van der Waals surface area contributed by atoms with Gasteiger partial charge in [-0.05, 0) is 18.6 Å². The minimum atomic E-state index is -0.556. The Kier molecular flexibility index (Phi) is 3.86. The minimum Gasteiger partial charge on any atom is -0.396 e. The molecule has 1 aliphatic heterocycles. The van der Waals surface area contributed by atoms with Crippen molar-refractivity contribution in [2.45, 2.75) is 18.4 Å². The predicted octanol–water partition coefficient (Wildman–Crippen LogP) is 0.785. The van der Waals surface area contributed by atoms with E-state index in [1.165, 1.54) is 0 Å². The van der Waals surface area contributed by atoms with Crippen molar-refractivity contribution in [3.8, 4) is 6.07 Å². The number of thioether (sulfide) groups is 1. The molecule has 0 spiro atoms. The van der Waals surface area contributed by atoms with Crippen LogP contribution in [0.25, 0.3) is 0 Å². The highest BCUT2D eigenvalue weighted by Gasteiger charge is 2.35. The zero-order valence-corrected chi connectivity index (χ0v) is 7.77. The van der Waals surface area contributed by atoms with Gasteiger partial charge in [0.2, 0.25) is 0 Å². The summed E-state index contributed by atoms with van der Waals surface area (Å²) in [5, 5.41) is 17.4. The maximum atomic E-state index is 8.87. The van der Waals surface area contributed by atoms with E-state index < -0.39 is 5.60 Å². The van der Waals surface area contributed by atoms with Crippen LogP contribution in [0, 0.1) is 11.3 Å². The summed E-state index contributed by atoms with van der Waals surface area (Å²) in [6, 6.07) is 2.21. The number of hydrogen-bond donors (Lipinski definition) is 1. The molecule has 68 valence electrons. The molecule has 0 aliphatic carbocycles. The van der Waals surface area contributed by atoms with Crippen molar-refractivity contribution in [3.05, 3.63) is 0 Å². The summed E-state index contributed by atoms with van der Waals surface area (Å²) in [5.74, 6) is 1.78. The highest BCUT2D eigenvalue weighted by molar-refractivity contribution is 7.99. The highest BCUT2D eigenvalue weighted by atomic mass is 32.2. The Hall–Kier alpha value is -0.240. The van der Waals surface area contributed by atoms with E-state index in [1.807, 2.05) is 0 Å². The van der Waals surface area contributed by atoms with Crippen LogP contribution < -0.4 is 0 Å². The molecular weight excluding hydrogens is 174 g/mol. The van der Waals surface area contributed by atoms with Crippen LogP contribution in [0.4, 0.5) is 0 Å². The van der Waals surface area contributed by atoms with Crippen LogP contribution in [0.1, 0.15) is 12.8 Å². The van der Waals surface area contributed by atoms with Crippen molar-refractivity contribution < 1.29 is 9.84 Å². The van der Waals surface area contributed by atoms with Gasteiger partial charge in [0.25, 0.3) is 0 Å². The highest BCUT2D eigenvalue weighted by Crippen LogP contribution is 2.30. The predicted molar refractivity (Wildman–Crippen MR) is 47.9 cm³/mol. The summed E-state index contributed by atoms with van der Waals surface area (Å²) < 4.78 is 5.44. The van der Waals surface area contributed by atoms with Gasteiger partial charge in [-0.1, -0.05) is 0 Å². The molecule has 3 nitrogen and oxygen atoms in total. The summed E-state index contributed by atoms with van der Waals surface area (Å²) >= 11 is 1.75. The zero-order chi connectivity index (χ0) is 8.86. The van der Waals surface area contributed by atoms with Crippen molar-refractivity contribution in [3.63, 3.8) is 0 Å². The van der Waals surface area contributed by atoms with Gasteiger partial charge in [0.05, 0.1) is 12.7 Å². The van der Waals surface area contributed by atoms with E-state index in [4.69, 9.17) is 15.1 Å². The number of ether oxygens (including phenoxy) is 1. The van der Waals surface area contributed by atoms with Crippen molar-refractivity contribution in [2.24, 2.45) is 0 Å². The summed E-state index contributed by atoms with van der Waals surface area (Å²) in [7, 11) is 0. The molecule has 1 heterocycles. The summed E-state index contributed by atoms with van der Waals surface area (Å²) in [4.78, 5) is 0. The maximum Gasteiger partial charge on any atom is 0.163 e. The van der Waals surface area contributed by atoms with Crippen molar-refractivity contribution >= 4 is 11.8 Å². The molecule has 0 radical (unpaired) electrons. The Labute approximate surface area is 76.7 Å². The first kappa shape index (κ1) is 9.85. The summed E-state index contributed by atoms with van der Waals surface area (Å²) in [5.41, 5.74) is -0.556. The molecule has 0 bridgehead atoms. The first-order valence-electron chi connectivity index (χ1n) is 4.07. The molecule has 0 aromatic heterocycles. The fourth-order valence-corrected chi connectivity index (χ4v) is 2.35. The molecule has 1 atom stereocenters. The molecule has 1 rings (SSSR count). The van der Waals surface area contributed by atoms with Crippen LogP contribution in [0.5, 0.6) is 0 Å². The third-order valence-electron chi connectivity index (χ3n) is 1.87. The standard InChI is InChI=1S/C8H13NO2S/c9-6-8(2-5-12-7-8)11-4-1-3-10/h10H,1-5,7H2. The maximum absolute atomic E-state index is 8.87. The van der Waals surface area contributed by atoms with Gasteiger partial charge >= 0.3 is 0 Å². The van der Waals surface area contributed by atoms with Gasteiger partial charge in [0.1, 0.15) is 0 Å². The van der Waals surface area contributed by atoms with Crippen molar-refractivity contribution in [2.75, 3.05) is 24.7 Å². The van der Waals surface area contributed by atoms with E-state index in [1.54, 1.807) is 11.8 Å². The second kappa shape index (κ2) is 4.70. The molecule has 12 heavy (non-hydrogen) atoms. The number of aliphatic hydroxyl groups is 1. The minimum absolute atomic E-state index is 0.134. The van der Waals surface area contributed by atoms with Gasteiger partial charge in [-0.25, -0.2) is 0 Å². The fourth-order valence-electron chi connectivity index (χ4n) is 1.11. The average Bonchev–Trinajstić information content (AvgIpc) is 2.55. The number of hydrogen-bond acceptors (Lipinski definition) is 4. The van der Waals surface area contributed by atoms with E-state index in [0.29, 0.717) is 13.0 Å². The SMILES string of the molecule is N#CC1(OCCCO)CCSC1. The molecule has 0 aromatic rings. The first-order valence-corrected chi connectivity index (χ1v) is 5.22. The average molecular weight is 187 g/mol. The molecule has 4 heteroatoms. The summed E-state index contributed by atoms with van der Waals surface area (Å²) in [6.45, 7) is 0.624. The third kappa shape index (κ3) is 2.37. The molecule has 0 amide bonds. The number of aliphatic hydroxyl groups excluding tert-OH is 1. The van der Waals surface area contributed by atoms with Gasteiger partial charge in [-0.15, -0.1) is 0 Å². The van der Waals surface area contributed by atoms with Crippen LogP contribution in [0.3, 0.4) is 0 Å². The Bertz CT molecular complexity index is 172. The van der Waals surface area contributed by atoms with E-state index in [2.05, 4.69) is 6.07 Å². The van der Waals surface area contributed by atoms with Crippen LogP contribution in [-0.4, -0.2) is 35.4 Å². The van der Waals surface area contributed by atoms with Crippen molar-refractivity contribution in [1.29, 1.82) is 5.26 Å². The zero-order valence-electron chi connectivity index (χ0n) is 6.95. The Morgan fingerprint density at radius 2 is 2.50 bits per heavy atom. The lowest BCUT2D eigenvalue weighted by Crippen LogP contribution is -2.30. The normalized spacial score (nSPS) is 28.7. The molecule has 0 aromatic carbocycles. The van der Waals surface area contributed by atoms with Crippen LogP contribution in [-0.2, 0) is 4.74 Å². The lowest BCUT2D eigenvalue weighted by molar-refractivity contribution is 0.0104. The third-order valence-corrected chi connectivity index (χ3v) is 3.03. The molecule has 1 fully saturated rings. The van der Waals surface area contributed by atoms with Gasteiger partial charge < -0.3 is 9.84 Å². The molecule has 1 N–H and O–H groups in total. The number of nitrogens with zero attached hydrogens (tertiary/aromatic N) is 1. The Morgan fingerprint density at radius 3 is 3.00 bits per heavy atom. The van der Waals surface area contributed by atoms with E-state index in [0.717, 1.165) is 17.9 Å². The van der Waals surface area contributed by atoms with Gasteiger partial charge in [-0.3, -0.25) is 0 Å². The van der Waals surface area contributed by atoms with E-state index in [-0.39, 0.29) is 6.61 Å². The molecule has 0 saturated carbocycles. The number of nitriles is 1. The Morgan fingerprint density at radius 1 is 1.67 bits per heavy atom. The topological polar surface area (TPSA) is 53.2 Å². The monoisotopic (exact) mass is 187 g/mol. The quantitative estimate of drug-likeness (QED) is 0.661. The van der Waals surface area contributed by atoms with Crippen LogP contribution in [0.15, 0.2) is 0 Å². The summed E-state index contributed by atoms with van der Waals surface area (Å²) in [6.07, 6.45) is 1.44. The van der Waals surface area contributed by atoms with Crippen molar-refractivity contribution in [1.82, 2.24) is 0 Å². The Balaban J connectivity index is 2.30. The second-order valence-electron chi connectivity index (χ2n) is 2.83. The van der Waals surface area contributed by atoms with Crippen LogP contribution in [0.2, 0.25) is 0 Å². The number of rotatable bonds is 4. The van der Waals surface area contributed by atoms with Gasteiger partial charge in [-0.2, -0.15) is 17.0 Å². The van der Waals surface area contributed by atoms with Crippen LogP contribution >= 0.6 is 11.8 Å². The second-order valence-corrected chi connectivity index (χ2v) is 3.94. The lowest BCUT2D eigenvalue weighted by Gasteiger charge is -2.19. The van der Waals surface area contributed by atoms with E-state index >= 15 is 0 Å². The lowest BCUT2D eigenvalue weighted by atomic mass is 10.1. The largest absolute Gasteiger partial charge is 0.396 e. The molecule has 1 saturated heterocycles. The molecular formula is C8H13NO2S. The first-order chi connectivity index (χ1) is 5.83.